The van der Waals surface area contributed by atoms with Crippen LogP contribution in [0.5, 0.6) is 0 Å². The Labute approximate surface area is 193 Å². The van der Waals surface area contributed by atoms with Crippen molar-refractivity contribution in [1.29, 1.82) is 0 Å². The number of hydrogen-bond acceptors (Lipinski definition) is 6. The molecule has 1 heterocycles. The number of rotatable bonds is 12. The zero-order valence-electron chi connectivity index (χ0n) is 19.1. The standard InChI is InChI=1S/C23H32N4O4S/c1-16(2)9-10-24-20(28)13-19-15-32-23(25-19)26-21(29)14-27(11-12-31-4)22(30)18-7-5-17(3)6-8-18/h5-8,15-16H,9-14H2,1-4H3,(H,24,28)(H,25,26,29). The van der Waals surface area contributed by atoms with E-state index in [1.807, 2.05) is 19.1 Å². The highest BCUT2D eigenvalue weighted by atomic mass is 32.1. The molecule has 8 nitrogen and oxygen atoms in total. The van der Waals surface area contributed by atoms with Crippen molar-refractivity contribution in [3.05, 3.63) is 46.5 Å². The van der Waals surface area contributed by atoms with Crippen molar-refractivity contribution in [1.82, 2.24) is 15.2 Å². The average molecular weight is 461 g/mol. The van der Waals surface area contributed by atoms with Gasteiger partial charge in [0.1, 0.15) is 6.54 Å². The molecule has 1 aromatic heterocycles. The lowest BCUT2D eigenvalue weighted by molar-refractivity contribution is -0.120. The molecule has 0 aliphatic carbocycles. The van der Waals surface area contributed by atoms with Gasteiger partial charge in [-0.15, -0.1) is 11.3 Å². The van der Waals surface area contributed by atoms with Gasteiger partial charge in [0.05, 0.1) is 18.7 Å². The molecule has 32 heavy (non-hydrogen) atoms. The second-order valence-electron chi connectivity index (χ2n) is 7.99. The molecule has 0 saturated carbocycles. The number of carbonyl (C=O) groups excluding carboxylic acids is 3. The molecular formula is C23H32N4O4S. The number of thiazole rings is 1. The van der Waals surface area contributed by atoms with Crippen LogP contribution in [0.2, 0.25) is 0 Å². The lowest BCUT2D eigenvalue weighted by Crippen LogP contribution is -2.40. The minimum atomic E-state index is -0.358. The Morgan fingerprint density at radius 1 is 1.16 bits per heavy atom. The van der Waals surface area contributed by atoms with Gasteiger partial charge in [-0.2, -0.15) is 0 Å². The molecule has 0 atom stereocenters. The van der Waals surface area contributed by atoms with Gasteiger partial charge in [0.2, 0.25) is 11.8 Å². The van der Waals surface area contributed by atoms with Crippen LogP contribution >= 0.6 is 11.3 Å². The summed E-state index contributed by atoms with van der Waals surface area (Å²) in [6, 6.07) is 7.21. The number of amides is 3. The number of nitrogens with one attached hydrogen (secondary N) is 2. The van der Waals surface area contributed by atoms with Gasteiger partial charge in [-0.05, 0) is 31.4 Å². The zero-order valence-corrected chi connectivity index (χ0v) is 20.0. The molecular weight excluding hydrogens is 428 g/mol. The Balaban J connectivity index is 1.91. The highest BCUT2D eigenvalue weighted by Gasteiger charge is 2.19. The monoisotopic (exact) mass is 460 g/mol. The van der Waals surface area contributed by atoms with Crippen molar-refractivity contribution in [3.63, 3.8) is 0 Å². The molecule has 1 aromatic carbocycles. The fourth-order valence-corrected chi connectivity index (χ4v) is 3.56. The van der Waals surface area contributed by atoms with E-state index in [0.717, 1.165) is 12.0 Å². The predicted octanol–water partition coefficient (Wildman–Crippen LogP) is 2.88. The summed E-state index contributed by atoms with van der Waals surface area (Å²) in [6.45, 7) is 7.27. The fraction of sp³-hybridized carbons (Fsp3) is 0.478. The first-order chi connectivity index (χ1) is 15.3. The summed E-state index contributed by atoms with van der Waals surface area (Å²) < 4.78 is 5.08. The number of benzene rings is 1. The van der Waals surface area contributed by atoms with Gasteiger partial charge < -0.3 is 20.3 Å². The quantitative estimate of drug-likeness (QED) is 0.507. The maximum atomic E-state index is 12.8. The lowest BCUT2D eigenvalue weighted by atomic mass is 10.1. The lowest BCUT2D eigenvalue weighted by Gasteiger charge is -2.21. The van der Waals surface area contributed by atoms with Crippen molar-refractivity contribution in [2.45, 2.75) is 33.6 Å². The number of hydrogen-bond donors (Lipinski definition) is 2. The first-order valence-corrected chi connectivity index (χ1v) is 11.5. The van der Waals surface area contributed by atoms with E-state index in [-0.39, 0.29) is 37.2 Å². The third kappa shape index (κ3) is 8.76. The van der Waals surface area contributed by atoms with E-state index in [0.29, 0.717) is 35.5 Å². The Bertz CT molecular complexity index is 896. The van der Waals surface area contributed by atoms with Gasteiger partial charge in [-0.1, -0.05) is 31.5 Å². The highest BCUT2D eigenvalue weighted by Crippen LogP contribution is 2.16. The van der Waals surface area contributed by atoms with E-state index in [4.69, 9.17) is 4.74 Å². The molecule has 0 saturated heterocycles. The number of anilines is 1. The van der Waals surface area contributed by atoms with E-state index in [2.05, 4.69) is 29.5 Å². The molecule has 0 aliphatic rings. The van der Waals surface area contributed by atoms with Crippen LogP contribution in [-0.2, 0) is 20.7 Å². The molecule has 174 valence electrons. The van der Waals surface area contributed by atoms with Crippen LogP contribution in [0.4, 0.5) is 5.13 Å². The number of aromatic nitrogens is 1. The van der Waals surface area contributed by atoms with Crippen molar-refractivity contribution < 1.29 is 19.1 Å². The second kappa shape index (κ2) is 12.9. The van der Waals surface area contributed by atoms with Gasteiger partial charge in [-0.3, -0.25) is 14.4 Å². The summed E-state index contributed by atoms with van der Waals surface area (Å²) in [5.74, 6) is -0.167. The van der Waals surface area contributed by atoms with Gasteiger partial charge in [0, 0.05) is 31.1 Å². The van der Waals surface area contributed by atoms with Crippen LogP contribution in [0.15, 0.2) is 29.6 Å². The first-order valence-electron chi connectivity index (χ1n) is 10.6. The maximum absolute atomic E-state index is 12.8. The topological polar surface area (TPSA) is 101 Å². The first kappa shape index (κ1) is 25.5. The van der Waals surface area contributed by atoms with Crippen molar-refractivity contribution in [2.75, 3.05) is 38.7 Å². The van der Waals surface area contributed by atoms with E-state index < -0.39 is 0 Å². The highest BCUT2D eigenvalue weighted by molar-refractivity contribution is 7.13. The molecule has 0 unspecified atom stereocenters. The summed E-state index contributed by atoms with van der Waals surface area (Å²) in [7, 11) is 1.55. The summed E-state index contributed by atoms with van der Waals surface area (Å²) >= 11 is 1.25. The number of nitrogens with zero attached hydrogens (tertiary/aromatic N) is 2. The molecule has 0 bridgehead atoms. The number of methoxy groups -OCH3 is 1. The Morgan fingerprint density at radius 2 is 1.88 bits per heavy atom. The molecule has 2 aromatic rings. The normalized spacial score (nSPS) is 10.8. The van der Waals surface area contributed by atoms with E-state index in [1.54, 1.807) is 24.6 Å². The van der Waals surface area contributed by atoms with Gasteiger partial charge in [-0.25, -0.2) is 4.98 Å². The summed E-state index contributed by atoms with van der Waals surface area (Å²) in [5, 5.41) is 7.74. The molecule has 0 radical (unpaired) electrons. The third-order valence-electron chi connectivity index (χ3n) is 4.67. The Morgan fingerprint density at radius 3 is 2.53 bits per heavy atom. The van der Waals surface area contributed by atoms with Crippen LogP contribution in [0.25, 0.3) is 0 Å². The van der Waals surface area contributed by atoms with Crippen LogP contribution in [0.3, 0.4) is 0 Å². The van der Waals surface area contributed by atoms with Crippen LogP contribution in [-0.4, -0.2) is 61.0 Å². The number of ether oxygens (including phenoxy) is 1. The summed E-state index contributed by atoms with van der Waals surface area (Å²) in [4.78, 5) is 43.2. The van der Waals surface area contributed by atoms with Crippen LogP contribution < -0.4 is 10.6 Å². The predicted molar refractivity (Wildman–Crippen MR) is 126 cm³/mol. The molecule has 2 N–H and O–H groups in total. The minimum absolute atomic E-state index is 0.0942. The molecule has 2 rings (SSSR count). The smallest absolute Gasteiger partial charge is 0.254 e. The van der Waals surface area contributed by atoms with Crippen LogP contribution in [0.1, 0.15) is 41.9 Å². The molecule has 9 heteroatoms. The van der Waals surface area contributed by atoms with Gasteiger partial charge in [0.15, 0.2) is 5.13 Å². The molecule has 0 fully saturated rings. The SMILES string of the molecule is COCCN(CC(=O)Nc1nc(CC(=O)NCCC(C)C)cs1)C(=O)c1ccc(C)cc1. The summed E-state index contributed by atoms with van der Waals surface area (Å²) in [5.41, 5.74) is 2.16. The van der Waals surface area contributed by atoms with Crippen molar-refractivity contribution >= 4 is 34.2 Å². The third-order valence-corrected chi connectivity index (χ3v) is 5.48. The van der Waals surface area contributed by atoms with Crippen LogP contribution in [0, 0.1) is 12.8 Å². The van der Waals surface area contributed by atoms with E-state index in [1.165, 1.54) is 16.2 Å². The minimum Gasteiger partial charge on any atom is -0.383 e. The number of aryl methyl sites for hydroxylation is 1. The Kier molecular flexibility index (Phi) is 10.3. The summed E-state index contributed by atoms with van der Waals surface area (Å²) in [6.07, 6.45) is 1.08. The second-order valence-corrected chi connectivity index (χ2v) is 8.85. The Hall–Kier alpha value is -2.78. The van der Waals surface area contributed by atoms with Crippen molar-refractivity contribution in [3.8, 4) is 0 Å². The van der Waals surface area contributed by atoms with Crippen molar-refractivity contribution in [2.24, 2.45) is 5.92 Å². The van der Waals surface area contributed by atoms with E-state index in [9.17, 15) is 14.4 Å². The maximum Gasteiger partial charge on any atom is 0.254 e. The molecule has 0 aliphatic heterocycles. The largest absolute Gasteiger partial charge is 0.383 e. The fourth-order valence-electron chi connectivity index (χ4n) is 2.84. The molecule has 0 spiro atoms. The molecule has 3 amide bonds. The number of carbonyl (C=O) groups is 3. The average Bonchev–Trinajstić information content (AvgIpc) is 3.17. The zero-order chi connectivity index (χ0) is 23.5. The van der Waals surface area contributed by atoms with Gasteiger partial charge >= 0.3 is 0 Å². The van der Waals surface area contributed by atoms with Gasteiger partial charge in [0.25, 0.3) is 5.91 Å². The van der Waals surface area contributed by atoms with E-state index >= 15 is 0 Å².